The Morgan fingerprint density at radius 2 is 1.76 bits per heavy atom. The molecule has 7 nitrogen and oxygen atoms in total. The minimum Gasteiger partial charge on any atom is -0.497 e. The van der Waals surface area contributed by atoms with E-state index in [1.807, 2.05) is 47.0 Å². The summed E-state index contributed by atoms with van der Waals surface area (Å²) in [7, 11) is 3.14. The zero-order chi connectivity index (χ0) is 24.1. The largest absolute Gasteiger partial charge is 0.497 e. The van der Waals surface area contributed by atoms with Crippen LogP contribution in [0.2, 0.25) is 0 Å². The molecule has 0 aliphatic carbocycles. The van der Waals surface area contributed by atoms with Crippen molar-refractivity contribution in [3.05, 3.63) is 77.9 Å². The maximum atomic E-state index is 12.8. The van der Waals surface area contributed by atoms with E-state index in [1.165, 1.54) is 17.3 Å². The number of thioether (sulfide) groups is 1. The van der Waals surface area contributed by atoms with Gasteiger partial charge < -0.3 is 14.8 Å². The molecule has 0 saturated heterocycles. The van der Waals surface area contributed by atoms with Crippen LogP contribution >= 0.6 is 11.8 Å². The van der Waals surface area contributed by atoms with Crippen molar-refractivity contribution in [3.8, 4) is 28.6 Å². The number of hydrogen-bond donors (Lipinski definition) is 1. The van der Waals surface area contributed by atoms with Crippen molar-refractivity contribution < 1.29 is 14.3 Å². The Morgan fingerprint density at radius 1 is 0.971 bits per heavy atom. The Bertz CT molecular complexity index is 1300. The van der Waals surface area contributed by atoms with E-state index in [1.54, 1.807) is 32.4 Å². The van der Waals surface area contributed by atoms with Crippen LogP contribution in [0.25, 0.3) is 17.1 Å². The molecule has 0 saturated carbocycles. The van der Waals surface area contributed by atoms with Crippen molar-refractivity contribution >= 4 is 23.4 Å². The van der Waals surface area contributed by atoms with Gasteiger partial charge >= 0.3 is 0 Å². The summed E-state index contributed by atoms with van der Waals surface area (Å²) in [4.78, 5) is 12.8. The van der Waals surface area contributed by atoms with Crippen molar-refractivity contribution in [2.75, 3.05) is 25.3 Å². The minimum absolute atomic E-state index is 0.151. The molecule has 0 atom stereocenters. The molecule has 1 aromatic heterocycles. The highest BCUT2D eigenvalue weighted by atomic mass is 32.2. The van der Waals surface area contributed by atoms with Crippen molar-refractivity contribution in [1.82, 2.24) is 14.8 Å². The third-order valence-corrected chi connectivity index (χ3v) is 6.42. The van der Waals surface area contributed by atoms with Crippen LogP contribution in [0, 0.1) is 13.8 Å². The maximum Gasteiger partial charge on any atom is 0.234 e. The van der Waals surface area contributed by atoms with Gasteiger partial charge in [0.15, 0.2) is 11.0 Å². The Morgan fingerprint density at radius 3 is 2.50 bits per heavy atom. The number of amides is 1. The van der Waals surface area contributed by atoms with Gasteiger partial charge in [-0.15, -0.1) is 10.2 Å². The maximum absolute atomic E-state index is 12.8. The van der Waals surface area contributed by atoms with E-state index in [0.29, 0.717) is 22.3 Å². The van der Waals surface area contributed by atoms with Crippen molar-refractivity contribution in [3.63, 3.8) is 0 Å². The third kappa shape index (κ3) is 4.92. The van der Waals surface area contributed by atoms with Crippen LogP contribution in [0.3, 0.4) is 0 Å². The van der Waals surface area contributed by atoms with Gasteiger partial charge in [0, 0.05) is 11.6 Å². The Balaban J connectivity index is 1.62. The van der Waals surface area contributed by atoms with E-state index < -0.39 is 0 Å². The molecular formula is C26H26N4O3S. The number of hydrogen-bond acceptors (Lipinski definition) is 6. The fourth-order valence-corrected chi connectivity index (χ4v) is 4.31. The molecule has 34 heavy (non-hydrogen) atoms. The molecule has 4 rings (SSSR count). The number of benzene rings is 3. The average Bonchev–Trinajstić information content (AvgIpc) is 3.28. The van der Waals surface area contributed by atoms with Gasteiger partial charge in [-0.3, -0.25) is 9.36 Å². The number of carbonyl (C=O) groups is 1. The number of nitrogens with one attached hydrogen (secondary N) is 1. The molecular weight excluding hydrogens is 448 g/mol. The van der Waals surface area contributed by atoms with E-state index in [9.17, 15) is 4.79 Å². The molecule has 0 spiro atoms. The number of rotatable bonds is 8. The normalized spacial score (nSPS) is 10.7. The predicted molar refractivity (Wildman–Crippen MR) is 135 cm³/mol. The summed E-state index contributed by atoms with van der Waals surface area (Å²) in [5.74, 6) is 1.88. The lowest BCUT2D eigenvalue weighted by Gasteiger charge is -2.15. The average molecular weight is 475 g/mol. The first-order chi connectivity index (χ1) is 16.5. The van der Waals surface area contributed by atoms with Gasteiger partial charge in [-0.25, -0.2) is 0 Å². The molecule has 0 aliphatic rings. The molecule has 0 aliphatic heterocycles. The number of aromatic nitrogens is 3. The van der Waals surface area contributed by atoms with Crippen LogP contribution in [0.5, 0.6) is 11.5 Å². The lowest BCUT2D eigenvalue weighted by Crippen LogP contribution is -2.15. The lowest BCUT2D eigenvalue weighted by atomic mass is 10.1. The molecule has 0 radical (unpaired) electrons. The standard InChI is InChI=1S/C26H26N4O3S/c1-17-9-8-12-22(18(17)2)30-25(19-10-6-5-7-11-19)28-29-26(30)34-16-24(31)27-21-15-20(32-3)13-14-23(21)33-4/h5-15H,16H2,1-4H3,(H,27,31). The molecule has 174 valence electrons. The molecule has 3 aromatic carbocycles. The second-order valence-electron chi connectivity index (χ2n) is 7.63. The second kappa shape index (κ2) is 10.4. The molecule has 1 heterocycles. The van der Waals surface area contributed by atoms with Crippen LogP contribution in [0.15, 0.2) is 71.9 Å². The first-order valence-electron chi connectivity index (χ1n) is 10.7. The number of carbonyl (C=O) groups excluding carboxylic acids is 1. The summed E-state index contributed by atoms with van der Waals surface area (Å²) in [6, 6.07) is 21.3. The number of ether oxygens (including phenoxy) is 2. The topological polar surface area (TPSA) is 78.3 Å². The molecule has 0 bridgehead atoms. The fraction of sp³-hybridized carbons (Fsp3) is 0.192. The molecule has 0 fully saturated rings. The van der Waals surface area contributed by atoms with Crippen molar-refractivity contribution in [2.45, 2.75) is 19.0 Å². The molecule has 1 amide bonds. The van der Waals surface area contributed by atoms with Crippen LogP contribution in [-0.4, -0.2) is 40.6 Å². The number of aryl methyl sites for hydroxylation is 1. The van der Waals surface area contributed by atoms with Gasteiger partial charge in [0.05, 0.1) is 31.3 Å². The quantitative estimate of drug-likeness (QED) is 0.349. The second-order valence-corrected chi connectivity index (χ2v) is 8.57. The summed E-state index contributed by atoms with van der Waals surface area (Å²) in [6.07, 6.45) is 0. The van der Waals surface area contributed by atoms with Gasteiger partial charge in [-0.2, -0.15) is 0 Å². The molecule has 4 aromatic rings. The summed E-state index contributed by atoms with van der Waals surface area (Å²) in [6.45, 7) is 4.16. The van der Waals surface area contributed by atoms with Crippen molar-refractivity contribution in [2.24, 2.45) is 0 Å². The Hall–Kier alpha value is -3.78. The third-order valence-electron chi connectivity index (χ3n) is 5.50. The van der Waals surface area contributed by atoms with Crippen LogP contribution in [0.1, 0.15) is 11.1 Å². The number of nitrogens with zero attached hydrogens (tertiary/aromatic N) is 3. The van der Waals surface area contributed by atoms with Gasteiger partial charge in [-0.1, -0.05) is 54.2 Å². The van der Waals surface area contributed by atoms with Gasteiger partial charge in [0.2, 0.25) is 5.91 Å². The number of anilines is 1. The summed E-state index contributed by atoms with van der Waals surface area (Å²) in [5, 5.41) is 12.4. The van der Waals surface area contributed by atoms with Gasteiger partial charge in [0.25, 0.3) is 0 Å². The smallest absolute Gasteiger partial charge is 0.234 e. The minimum atomic E-state index is -0.187. The summed E-state index contributed by atoms with van der Waals surface area (Å²) in [5.41, 5.74) is 4.79. The van der Waals surface area contributed by atoms with Crippen LogP contribution < -0.4 is 14.8 Å². The van der Waals surface area contributed by atoms with Gasteiger partial charge in [-0.05, 0) is 43.2 Å². The first kappa shape index (κ1) is 23.4. The van der Waals surface area contributed by atoms with Crippen LogP contribution in [0.4, 0.5) is 5.69 Å². The van der Waals surface area contributed by atoms with Crippen molar-refractivity contribution in [1.29, 1.82) is 0 Å². The zero-order valence-corrected chi connectivity index (χ0v) is 20.3. The Kier molecular flexibility index (Phi) is 7.18. The molecule has 0 unspecified atom stereocenters. The lowest BCUT2D eigenvalue weighted by molar-refractivity contribution is -0.113. The zero-order valence-electron chi connectivity index (χ0n) is 19.5. The predicted octanol–water partition coefficient (Wildman–Crippen LogP) is 5.30. The van der Waals surface area contributed by atoms with E-state index in [-0.39, 0.29) is 11.7 Å². The van der Waals surface area contributed by atoms with E-state index in [2.05, 4.69) is 35.4 Å². The van der Waals surface area contributed by atoms with E-state index >= 15 is 0 Å². The number of methoxy groups -OCH3 is 2. The molecule has 8 heteroatoms. The highest BCUT2D eigenvalue weighted by Gasteiger charge is 2.19. The SMILES string of the molecule is COc1ccc(OC)c(NC(=O)CSc2nnc(-c3ccccc3)n2-c2cccc(C)c2C)c1. The first-order valence-corrected chi connectivity index (χ1v) is 11.7. The van der Waals surface area contributed by atoms with Gasteiger partial charge in [0.1, 0.15) is 11.5 Å². The van der Waals surface area contributed by atoms with E-state index in [0.717, 1.165) is 22.6 Å². The summed E-state index contributed by atoms with van der Waals surface area (Å²) >= 11 is 1.33. The highest BCUT2D eigenvalue weighted by molar-refractivity contribution is 7.99. The monoisotopic (exact) mass is 474 g/mol. The summed E-state index contributed by atoms with van der Waals surface area (Å²) < 4.78 is 12.6. The van der Waals surface area contributed by atoms with E-state index in [4.69, 9.17) is 9.47 Å². The fourth-order valence-electron chi connectivity index (χ4n) is 3.56. The highest BCUT2D eigenvalue weighted by Crippen LogP contribution is 2.32. The Labute approximate surface area is 203 Å². The van der Waals surface area contributed by atoms with Crippen LogP contribution in [-0.2, 0) is 4.79 Å². The molecule has 1 N–H and O–H groups in total.